The number of rotatable bonds is 8. The van der Waals surface area contributed by atoms with Crippen molar-refractivity contribution in [3.63, 3.8) is 0 Å². The lowest BCUT2D eigenvalue weighted by atomic mass is 9.87. The molecule has 182 valence electrons. The lowest BCUT2D eigenvalue weighted by Crippen LogP contribution is -2.35. The third-order valence-corrected chi connectivity index (χ3v) is 6.57. The van der Waals surface area contributed by atoms with Gasteiger partial charge in [-0.2, -0.15) is 0 Å². The molecule has 0 amide bonds. The van der Waals surface area contributed by atoms with Crippen molar-refractivity contribution in [1.29, 1.82) is 0 Å². The molecule has 2 aromatic heterocycles. The van der Waals surface area contributed by atoms with E-state index in [9.17, 15) is 4.79 Å². The molecular weight excluding hydrogens is 426 g/mol. The molecule has 7 heteroatoms. The Morgan fingerprint density at radius 3 is 2.65 bits per heavy atom. The van der Waals surface area contributed by atoms with Gasteiger partial charge >= 0.3 is 5.69 Å². The van der Waals surface area contributed by atoms with Gasteiger partial charge in [0.2, 0.25) is 5.95 Å². The monoisotopic (exact) mass is 463 g/mol. The molecule has 1 N–H and O–H groups in total. The molecule has 4 rings (SSSR count). The molecule has 3 aromatic rings. The van der Waals surface area contributed by atoms with Crippen molar-refractivity contribution in [3.05, 3.63) is 58.8 Å². The zero-order valence-electron chi connectivity index (χ0n) is 21.0. The number of nitrogens with one attached hydrogen (secondary N) is 1. The normalized spacial score (nSPS) is 18.7. The van der Waals surface area contributed by atoms with E-state index in [-0.39, 0.29) is 5.69 Å². The van der Waals surface area contributed by atoms with Crippen LogP contribution in [0.2, 0.25) is 0 Å². The molecule has 2 heterocycles. The highest BCUT2D eigenvalue weighted by molar-refractivity contribution is 5.59. The molecule has 0 saturated heterocycles. The summed E-state index contributed by atoms with van der Waals surface area (Å²) in [6, 6.07) is 10.2. The van der Waals surface area contributed by atoms with Crippen molar-refractivity contribution in [2.75, 3.05) is 11.9 Å². The van der Waals surface area contributed by atoms with Crippen LogP contribution in [0.3, 0.4) is 0 Å². The van der Waals surface area contributed by atoms with Gasteiger partial charge in [-0.15, -0.1) is 0 Å². The van der Waals surface area contributed by atoms with E-state index in [0.29, 0.717) is 30.8 Å². The fourth-order valence-corrected chi connectivity index (χ4v) is 4.81. The average Bonchev–Trinajstić information content (AvgIpc) is 3.11. The Labute approximate surface area is 202 Å². The minimum absolute atomic E-state index is 0.109. The second-order valence-corrected chi connectivity index (χ2v) is 10.2. The standard InChI is InChI=1S/C27H37N5O2/c1-6-34-27(4,5)18-31-17-24(32(26(31)33)22-9-7-8-20(3)16-22)23-14-15-28-25(30-23)29-21-12-10-19(2)11-13-21/h7-9,14-17,19,21H,6,10-13,18H2,1-5H3,(H,28,29,30). The minimum atomic E-state index is -0.467. The van der Waals surface area contributed by atoms with E-state index >= 15 is 0 Å². The van der Waals surface area contributed by atoms with Gasteiger partial charge in [0.15, 0.2) is 0 Å². The Balaban J connectivity index is 1.73. The minimum Gasteiger partial charge on any atom is -0.374 e. The van der Waals surface area contributed by atoms with E-state index in [1.54, 1.807) is 15.3 Å². The summed E-state index contributed by atoms with van der Waals surface area (Å²) < 4.78 is 9.34. The second-order valence-electron chi connectivity index (χ2n) is 10.2. The molecule has 0 bridgehead atoms. The van der Waals surface area contributed by atoms with Crippen LogP contribution in [0.15, 0.2) is 47.5 Å². The maximum atomic E-state index is 13.6. The van der Waals surface area contributed by atoms with E-state index in [2.05, 4.69) is 17.2 Å². The van der Waals surface area contributed by atoms with Crippen LogP contribution in [0.25, 0.3) is 17.1 Å². The van der Waals surface area contributed by atoms with Gasteiger partial charge < -0.3 is 10.1 Å². The summed E-state index contributed by atoms with van der Waals surface area (Å²) in [6.07, 6.45) is 8.37. The fraction of sp³-hybridized carbons (Fsp3) is 0.519. The van der Waals surface area contributed by atoms with Crippen molar-refractivity contribution >= 4 is 5.95 Å². The molecule has 1 fully saturated rings. The largest absolute Gasteiger partial charge is 0.374 e. The molecule has 0 aliphatic heterocycles. The van der Waals surface area contributed by atoms with E-state index in [1.165, 1.54) is 12.8 Å². The van der Waals surface area contributed by atoms with Crippen LogP contribution in [0.4, 0.5) is 5.95 Å². The molecule has 0 unspecified atom stereocenters. The van der Waals surface area contributed by atoms with Crippen molar-refractivity contribution in [2.45, 2.75) is 78.5 Å². The summed E-state index contributed by atoms with van der Waals surface area (Å²) in [5.41, 5.74) is 2.80. The number of nitrogens with zero attached hydrogens (tertiary/aromatic N) is 4. The van der Waals surface area contributed by atoms with Gasteiger partial charge in [0.1, 0.15) is 0 Å². The van der Waals surface area contributed by atoms with Crippen molar-refractivity contribution in [2.24, 2.45) is 5.92 Å². The van der Waals surface area contributed by atoms with Gasteiger partial charge in [-0.25, -0.2) is 14.8 Å². The Bertz CT molecular complexity index is 1170. The summed E-state index contributed by atoms with van der Waals surface area (Å²) in [7, 11) is 0. The first-order valence-corrected chi connectivity index (χ1v) is 12.4. The summed E-state index contributed by atoms with van der Waals surface area (Å²) in [4.78, 5) is 22.9. The van der Waals surface area contributed by atoms with Gasteiger partial charge in [0.25, 0.3) is 0 Å². The van der Waals surface area contributed by atoms with Gasteiger partial charge in [0.05, 0.1) is 29.2 Å². The molecule has 1 aliphatic rings. The number of imidazole rings is 1. The molecule has 1 saturated carbocycles. The molecule has 0 spiro atoms. The van der Waals surface area contributed by atoms with E-state index < -0.39 is 5.60 Å². The summed E-state index contributed by atoms with van der Waals surface area (Å²) in [5, 5.41) is 3.52. The molecule has 7 nitrogen and oxygen atoms in total. The van der Waals surface area contributed by atoms with E-state index in [1.807, 2.05) is 64.2 Å². The summed E-state index contributed by atoms with van der Waals surface area (Å²) in [5.74, 6) is 1.40. The number of ether oxygens (including phenoxy) is 1. The number of aryl methyl sites for hydroxylation is 1. The Hall–Kier alpha value is -2.93. The first-order chi connectivity index (χ1) is 16.3. The summed E-state index contributed by atoms with van der Waals surface area (Å²) >= 11 is 0. The fourth-order valence-electron chi connectivity index (χ4n) is 4.81. The lowest BCUT2D eigenvalue weighted by Gasteiger charge is -2.26. The van der Waals surface area contributed by atoms with Gasteiger partial charge in [0, 0.05) is 25.0 Å². The van der Waals surface area contributed by atoms with E-state index in [4.69, 9.17) is 9.72 Å². The topological polar surface area (TPSA) is 74.0 Å². The number of hydrogen-bond donors (Lipinski definition) is 1. The van der Waals surface area contributed by atoms with Gasteiger partial charge in [-0.1, -0.05) is 19.1 Å². The van der Waals surface area contributed by atoms with Crippen LogP contribution in [-0.4, -0.2) is 37.4 Å². The summed E-state index contributed by atoms with van der Waals surface area (Å²) in [6.45, 7) is 11.4. The van der Waals surface area contributed by atoms with Crippen LogP contribution in [0.5, 0.6) is 0 Å². The highest BCUT2D eigenvalue weighted by atomic mass is 16.5. The van der Waals surface area contributed by atoms with Gasteiger partial charge in [-0.3, -0.25) is 9.13 Å². The lowest BCUT2D eigenvalue weighted by molar-refractivity contribution is -0.0230. The third kappa shape index (κ3) is 5.58. The predicted octanol–water partition coefficient (Wildman–Crippen LogP) is 5.21. The van der Waals surface area contributed by atoms with Crippen molar-refractivity contribution in [1.82, 2.24) is 19.1 Å². The molecule has 0 radical (unpaired) electrons. The Morgan fingerprint density at radius 1 is 1.18 bits per heavy atom. The van der Waals surface area contributed by atoms with E-state index in [0.717, 1.165) is 35.7 Å². The highest BCUT2D eigenvalue weighted by Crippen LogP contribution is 2.27. The van der Waals surface area contributed by atoms with Crippen LogP contribution in [0, 0.1) is 12.8 Å². The maximum Gasteiger partial charge on any atom is 0.333 e. The second kappa shape index (κ2) is 10.1. The maximum absolute atomic E-state index is 13.6. The molecular formula is C27H37N5O2. The molecule has 1 aliphatic carbocycles. The zero-order valence-corrected chi connectivity index (χ0v) is 21.0. The van der Waals surface area contributed by atoms with Crippen molar-refractivity contribution in [3.8, 4) is 17.1 Å². The van der Waals surface area contributed by atoms with Crippen molar-refractivity contribution < 1.29 is 4.74 Å². The number of hydrogen-bond acceptors (Lipinski definition) is 5. The highest BCUT2D eigenvalue weighted by Gasteiger charge is 2.24. The number of aromatic nitrogens is 4. The predicted molar refractivity (Wildman–Crippen MR) is 137 cm³/mol. The number of anilines is 1. The average molecular weight is 464 g/mol. The quantitative estimate of drug-likeness (QED) is 0.496. The first-order valence-electron chi connectivity index (χ1n) is 12.4. The first kappa shape index (κ1) is 24.2. The third-order valence-electron chi connectivity index (χ3n) is 6.57. The molecule has 0 atom stereocenters. The smallest absolute Gasteiger partial charge is 0.333 e. The van der Waals surface area contributed by atoms with Crippen LogP contribution in [-0.2, 0) is 11.3 Å². The molecule has 34 heavy (non-hydrogen) atoms. The van der Waals surface area contributed by atoms with Gasteiger partial charge in [-0.05, 0) is 83.1 Å². The Morgan fingerprint density at radius 2 is 1.94 bits per heavy atom. The zero-order chi connectivity index (χ0) is 24.3. The van der Waals surface area contributed by atoms with Crippen LogP contribution in [0.1, 0.15) is 58.9 Å². The Kier molecular flexibility index (Phi) is 7.22. The van der Waals surface area contributed by atoms with Crippen LogP contribution < -0.4 is 11.0 Å². The SMILES string of the molecule is CCOC(C)(C)Cn1cc(-c2ccnc(NC3CCC(C)CC3)n2)n(-c2cccc(C)c2)c1=O. The molecule has 1 aromatic carbocycles. The van der Waals surface area contributed by atoms with Crippen LogP contribution >= 0.6 is 0 Å². The number of benzene rings is 1.